The van der Waals surface area contributed by atoms with Crippen LogP contribution in [0.5, 0.6) is 0 Å². The molecule has 0 aromatic rings. The van der Waals surface area contributed by atoms with Crippen molar-refractivity contribution in [2.24, 2.45) is 23.7 Å². The minimum Gasteiger partial charge on any atom is -0.462 e. The van der Waals surface area contributed by atoms with E-state index in [1.54, 1.807) is 0 Å². The minimum absolute atomic E-state index is 0.103. The summed E-state index contributed by atoms with van der Waals surface area (Å²) < 4.78 is 68.1. The molecule has 0 spiro atoms. The van der Waals surface area contributed by atoms with Crippen LogP contribution < -0.4 is 0 Å². The van der Waals surface area contributed by atoms with Crippen LogP contribution in [0.1, 0.15) is 325 Å². The topological polar surface area (TPSA) is 237 Å². The Hall–Kier alpha value is -1.94. The monoisotopic (exact) mass is 1270 g/mol. The highest BCUT2D eigenvalue weighted by Crippen LogP contribution is 2.45. The number of carbonyl (C=O) groups is 4. The lowest BCUT2D eigenvalue weighted by Crippen LogP contribution is -2.30. The van der Waals surface area contributed by atoms with Crippen molar-refractivity contribution in [2.75, 3.05) is 39.6 Å². The molecule has 0 rings (SSSR count). The van der Waals surface area contributed by atoms with E-state index in [0.29, 0.717) is 25.7 Å². The van der Waals surface area contributed by atoms with Crippen LogP contribution in [0.4, 0.5) is 0 Å². The summed E-state index contributed by atoms with van der Waals surface area (Å²) in [6.07, 6.45) is 37.6. The Bertz CT molecular complexity index is 1720. The number of hydrogen-bond acceptors (Lipinski definition) is 15. The second-order valence-corrected chi connectivity index (χ2v) is 28.8. The number of ether oxygens (including phenoxy) is 4. The van der Waals surface area contributed by atoms with Crippen LogP contribution in [0.25, 0.3) is 0 Å². The highest BCUT2D eigenvalue weighted by atomic mass is 31.2. The lowest BCUT2D eigenvalue weighted by Gasteiger charge is -2.21. The van der Waals surface area contributed by atoms with Crippen molar-refractivity contribution in [3.8, 4) is 0 Å². The van der Waals surface area contributed by atoms with E-state index < -0.39 is 97.5 Å². The molecule has 0 bridgehead atoms. The average molecular weight is 1270 g/mol. The number of rotatable bonds is 64. The molecule has 3 N–H and O–H groups in total. The molecular weight excluding hydrogens is 1140 g/mol. The van der Waals surface area contributed by atoms with E-state index in [-0.39, 0.29) is 25.7 Å². The van der Waals surface area contributed by atoms with Gasteiger partial charge in [-0.1, -0.05) is 274 Å². The summed E-state index contributed by atoms with van der Waals surface area (Å²) in [6.45, 7) is 14.0. The molecule has 19 heteroatoms. The SMILES string of the molecule is CCC(C)CCCCCCCCC(=O)OC[C@H](COP(=O)(O)OC[C@H](O)COP(=O)(O)OC[C@@H](COC(=O)CCCCCCCCCCCC(C)C)OC(=O)CCCCCCCCCCCCC(C)C)OC(=O)CCCCCCCCCCC(C)C. The first kappa shape index (κ1) is 84.1. The van der Waals surface area contributed by atoms with Crippen molar-refractivity contribution < 1.29 is 80.2 Å². The van der Waals surface area contributed by atoms with Gasteiger partial charge in [-0.25, -0.2) is 9.13 Å². The van der Waals surface area contributed by atoms with E-state index in [4.69, 9.17) is 37.0 Å². The Labute approximate surface area is 524 Å². The van der Waals surface area contributed by atoms with E-state index >= 15 is 0 Å². The van der Waals surface area contributed by atoms with Crippen LogP contribution in [0.15, 0.2) is 0 Å². The smallest absolute Gasteiger partial charge is 0.462 e. The molecule has 0 amide bonds. The molecule has 86 heavy (non-hydrogen) atoms. The molecule has 510 valence electrons. The van der Waals surface area contributed by atoms with Gasteiger partial charge in [-0.2, -0.15) is 0 Å². The van der Waals surface area contributed by atoms with E-state index in [0.717, 1.165) is 120 Å². The molecule has 0 aliphatic rings. The molecule has 0 saturated carbocycles. The van der Waals surface area contributed by atoms with Gasteiger partial charge in [0.25, 0.3) is 0 Å². The van der Waals surface area contributed by atoms with Crippen molar-refractivity contribution in [1.29, 1.82) is 0 Å². The molecule has 0 aromatic heterocycles. The van der Waals surface area contributed by atoms with E-state index in [1.165, 1.54) is 122 Å². The zero-order valence-corrected chi connectivity index (χ0v) is 57.7. The summed E-state index contributed by atoms with van der Waals surface area (Å²) in [5.74, 6) is 0.809. The fourth-order valence-electron chi connectivity index (χ4n) is 9.93. The Morgan fingerprint density at radius 2 is 0.558 bits per heavy atom. The van der Waals surface area contributed by atoms with Gasteiger partial charge in [-0.15, -0.1) is 0 Å². The molecule has 3 unspecified atom stereocenters. The van der Waals surface area contributed by atoms with Crippen LogP contribution >= 0.6 is 15.6 Å². The van der Waals surface area contributed by atoms with Crippen LogP contribution in [0, 0.1) is 23.7 Å². The third-order valence-electron chi connectivity index (χ3n) is 15.7. The molecular formula is C67H130O17P2. The van der Waals surface area contributed by atoms with Gasteiger partial charge in [0.2, 0.25) is 0 Å². The van der Waals surface area contributed by atoms with Crippen LogP contribution in [-0.2, 0) is 65.4 Å². The minimum atomic E-state index is -4.95. The van der Waals surface area contributed by atoms with Crippen molar-refractivity contribution >= 4 is 39.5 Å². The third kappa shape index (κ3) is 59.7. The molecule has 0 aromatic carbocycles. The lowest BCUT2D eigenvalue weighted by molar-refractivity contribution is -0.161. The van der Waals surface area contributed by atoms with Gasteiger partial charge in [-0.3, -0.25) is 37.3 Å². The summed E-state index contributed by atoms with van der Waals surface area (Å²) in [4.78, 5) is 72.4. The van der Waals surface area contributed by atoms with Crippen LogP contribution in [0.2, 0.25) is 0 Å². The molecule has 0 radical (unpaired) electrons. The van der Waals surface area contributed by atoms with E-state index in [9.17, 15) is 43.2 Å². The standard InChI is InChI=1S/C67H130O17P2/c1-9-60(8)46-38-30-25-26-32-40-48-65(70)78-54-63(84-67(72)50-42-34-24-18-17-21-29-37-45-59(6)7)56-82-86(75,76)80-52-61(68)51-79-85(73,74)81-55-62(53-77-64(69)47-39-31-22-16-12-14-20-28-36-44-58(4)5)83-66(71)49-41-33-23-15-11-10-13-19-27-35-43-57(2)3/h57-63,68H,9-56H2,1-8H3,(H,73,74)(H,75,76)/t60?,61-,62-,63-/m1/s1. The summed E-state index contributed by atoms with van der Waals surface area (Å²) >= 11 is 0. The first-order valence-corrected chi connectivity index (χ1v) is 37.7. The van der Waals surface area contributed by atoms with Gasteiger partial charge in [-0.05, 0) is 49.4 Å². The first-order valence-electron chi connectivity index (χ1n) is 34.7. The fraction of sp³-hybridized carbons (Fsp3) is 0.940. The second kappa shape index (κ2) is 57.0. The number of phosphoric acid groups is 2. The maximum Gasteiger partial charge on any atom is 0.472 e. The van der Waals surface area contributed by atoms with E-state index in [1.807, 2.05) is 0 Å². The van der Waals surface area contributed by atoms with Gasteiger partial charge >= 0.3 is 39.5 Å². The number of aliphatic hydroxyl groups is 1. The Kier molecular flexibility index (Phi) is 55.7. The normalized spacial score (nSPS) is 14.7. The van der Waals surface area contributed by atoms with Gasteiger partial charge in [0.05, 0.1) is 26.4 Å². The third-order valence-corrected chi connectivity index (χ3v) is 17.6. The number of aliphatic hydroxyl groups excluding tert-OH is 1. The largest absolute Gasteiger partial charge is 0.472 e. The summed E-state index contributed by atoms with van der Waals surface area (Å²) in [5.41, 5.74) is 0. The number of hydrogen-bond donors (Lipinski definition) is 3. The molecule has 17 nitrogen and oxygen atoms in total. The maximum absolute atomic E-state index is 13.0. The Balaban J connectivity index is 5.27. The van der Waals surface area contributed by atoms with Gasteiger partial charge < -0.3 is 33.8 Å². The molecule has 0 aliphatic heterocycles. The van der Waals surface area contributed by atoms with Crippen molar-refractivity contribution in [1.82, 2.24) is 0 Å². The predicted octanol–water partition coefficient (Wildman–Crippen LogP) is 18.5. The Morgan fingerprint density at radius 3 is 0.826 bits per heavy atom. The highest BCUT2D eigenvalue weighted by molar-refractivity contribution is 7.47. The summed E-state index contributed by atoms with van der Waals surface area (Å²) in [7, 11) is -9.90. The van der Waals surface area contributed by atoms with E-state index in [2.05, 4.69) is 55.4 Å². The van der Waals surface area contributed by atoms with Crippen molar-refractivity contribution in [3.63, 3.8) is 0 Å². The number of phosphoric ester groups is 2. The molecule has 0 heterocycles. The first-order chi connectivity index (χ1) is 41.1. The zero-order chi connectivity index (χ0) is 63.9. The maximum atomic E-state index is 13.0. The van der Waals surface area contributed by atoms with Gasteiger partial charge in [0.1, 0.15) is 19.3 Å². The quantitative estimate of drug-likeness (QED) is 0.0222. The molecule has 0 fully saturated rings. The van der Waals surface area contributed by atoms with Gasteiger partial charge in [0, 0.05) is 25.7 Å². The van der Waals surface area contributed by atoms with Gasteiger partial charge in [0.15, 0.2) is 12.2 Å². The predicted molar refractivity (Wildman–Crippen MR) is 344 cm³/mol. The number of carbonyl (C=O) groups excluding carboxylic acids is 4. The zero-order valence-electron chi connectivity index (χ0n) is 55.9. The average Bonchev–Trinajstić information content (AvgIpc) is 3.61. The molecule has 6 atom stereocenters. The van der Waals surface area contributed by atoms with Crippen LogP contribution in [-0.4, -0.2) is 96.7 Å². The number of unbranched alkanes of at least 4 members (excludes halogenated alkanes) is 29. The van der Waals surface area contributed by atoms with Crippen molar-refractivity contribution in [3.05, 3.63) is 0 Å². The fourth-order valence-corrected chi connectivity index (χ4v) is 11.5. The summed E-state index contributed by atoms with van der Waals surface area (Å²) in [6, 6.07) is 0. The Morgan fingerprint density at radius 1 is 0.326 bits per heavy atom. The highest BCUT2D eigenvalue weighted by Gasteiger charge is 2.30. The lowest BCUT2D eigenvalue weighted by atomic mass is 10.00. The summed E-state index contributed by atoms with van der Waals surface area (Å²) in [5, 5.41) is 10.6. The second-order valence-electron chi connectivity index (χ2n) is 25.9. The number of esters is 4. The van der Waals surface area contributed by atoms with Crippen LogP contribution in [0.3, 0.4) is 0 Å². The molecule has 0 saturated heterocycles. The molecule has 0 aliphatic carbocycles. The van der Waals surface area contributed by atoms with Crippen molar-refractivity contribution in [2.45, 2.75) is 343 Å².